The van der Waals surface area contributed by atoms with Gasteiger partial charge in [-0.25, -0.2) is 0 Å². The van der Waals surface area contributed by atoms with Crippen molar-refractivity contribution in [2.24, 2.45) is 5.73 Å². The largest absolute Gasteiger partial charge is 0.497 e. The monoisotopic (exact) mass is 314 g/mol. The van der Waals surface area contributed by atoms with E-state index in [0.717, 1.165) is 36.3 Å². The fourth-order valence-corrected chi connectivity index (χ4v) is 2.38. The topological polar surface area (TPSA) is 73.6 Å². The van der Waals surface area contributed by atoms with E-state index in [4.69, 9.17) is 15.2 Å². The van der Waals surface area contributed by atoms with Gasteiger partial charge < -0.3 is 20.5 Å². The Morgan fingerprint density at radius 2 is 2.00 bits per heavy atom. The van der Waals surface area contributed by atoms with Crippen LogP contribution in [-0.2, 0) is 4.79 Å². The van der Waals surface area contributed by atoms with Crippen LogP contribution in [0.15, 0.2) is 18.2 Å². The highest BCUT2D eigenvalue weighted by molar-refractivity contribution is 5.87. The molecule has 1 aromatic rings. The lowest BCUT2D eigenvalue weighted by molar-refractivity contribution is -0.129. The third kappa shape index (κ3) is 3.60. The third-order valence-electron chi connectivity index (χ3n) is 3.95. The smallest absolute Gasteiger partial charge is 0.240 e. The first-order valence-electron chi connectivity index (χ1n) is 6.82. The van der Waals surface area contributed by atoms with Gasteiger partial charge in [0.25, 0.3) is 0 Å². The van der Waals surface area contributed by atoms with Crippen molar-refractivity contribution in [1.82, 2.24) is 5.32 Å². The molecule has 0 bridgehead atoms. The Bertz CT molecular complexity index is 504. The van der Waals surface area contributed by atoms with Crippen molar-refractivity contribution < 1.29 is 14.3 Å². The summed E-state index contributed by atoms with van der Waals surface area (Å²) in [6.45, 7) is 1.91. The lowest BCUT2D eigenvalue weighted by Crippen LogP contribution is -2.58. The summed E-state index contributed by atoms with van der Waals surface area (Å²) in [5.41, 5.74) is 6.22. The number of amides is 1. The number of rotatable bonds is 5. The number of nitrogens with two attached hydrogens (primary N) is 1. The highest BCUT2D eigenvalue weighted by atomic mass is 35.5. The van der Waals surface area contributed by atoms with Gasteiger partial charge in [-0.3, -0.25) is 4.79 Å². The average molecular weight is 315 g/mol. The Kier molecular flexibility index (Phi) is 5.87. The molecular weight excluding hydrogens is 292 g/mol. The molecule has 1 saturated carbocycles. The second-order valence-corrected chi connectivity index (χ2v) is 5.31. The average Bonchev–Trinajstić information content (AvgIpc) is 2.43. The van der Waals surface area contributed by atoms with Crippen molar-refractivity contribution in [2.45, 2.75) is 37.8 Å². The van der Waals surface area contributed by atoms with E-state index in [1.807, 2.05) is 25.1 Å². The fraction of sp³-hybridized carbons (Fsp3) is 0.533. The van der Waals surface area contributed by atoms with Crippen LogP contribution in [0.3, 0.4) is 0 Å². The molecule has 1 atom stereocenters. The van der Waals surface area contributed by atoms with Gasteiger partial charge in [0.05, 0.1) is 25.8 Å². The van der Waals surface area contributed by atoms with Crippen LogP contribution in [0, 0.1) is 0 Å². The van der Waals surface area contributed by atoms with E-state index in [2.05, 4.69) is 5.32 Å². The zero-order chi connectivity index (χ0) is 14.8. The van der Waals surface area contributed by atoms with Crippen LogP contribution in [0.1, 0.15) is 37.8 Å². The molecule has 0 aromatic heterocycles. The Labute approximate surface area is 131 Å². The molecule has 21 heavy (non-hydrogen) atoms. The van der Waals surface area contributed by atoms with E-state index in [-0.39, 0.29) is 24.4 Å². The molecular formula is C15H23ClN2O3. The van der Waals surface area contributed by atoms with E-state index in [1.165, 1.54) is 0 Å². The molecule has 0 aliphatic heterocycles. The maximum Gasteiger partial charge on any atom is 0.240 e. The minimum atomic E-state index is -0.694. The van der Waals surface area contributed by atoms with Gasteiger partial charge in [-0.1, -0.05) is 0 Å². The van der Waals surface area contributed by atoms with E-state index in [1.54, 1.807) is 14.2 Å². The van der Waals surface area contributed by atoms with Crippen LogP contribution in [0.25, 0.3) is 0 Å². The van der Waals surface area contributed by atoms with Gasteiger partial charge in [-0.05, 0) is 44.4 Å². The summed E-state index contributed by atoms with van der Waals surface area (Å²) in [6.07, 6.45) is 2.52. The summed E-state index contributed by atoms with van der Waals surface area (Å²) in [5, 5.41) is 2.97. The molecule has 2 rings (SSSR count). The third-order valence-corrected chi connectivity index (χ3v) is 3.95. The van der Waals surface area contributed by atoms with Crippen molar-refractivity contribution in [3.05, 3.63) is 23.8 Å². The second-order valence-electron chi connectivity index (χ2n) is 5.31. The zero-order valence-electron chi connectivity index (χ0n) is 12.6. The number of carbonyl (C=O) groups is 1. The van der Waals surface area contributed by atoms with Crippen LogP contribution in [0.2, 0.25) is 0 Å². The van der Waals surface area contributed by atoms with Gasteiger partial charge in [0.2, 0.25) is 5.91 Å². The number of nitrogens with one attached hydrogen (secondary N) is 1. The molecule has 0 spiro atoms. The number of carbonyl (C=O) groups excluding carboxylic acids is 1. The van der Waals surface area contributed by atoms with Gasteiger partial charge in [0, 0.05) is 5.56 Å². The van der Waals surface area contributed by atoms with Gasteiger partial charge in [-0.15, -0.1) is 12.4 Å². The standard InChI is InChI=1S/C15H22N2O3.ClH/c1-10(17-14(18)15(16)7-4-8-15)12-9-11(19-2)5-6-13(12)20-3;/h5-6,9-10H,4,7-8,16H2,1-3H3,(H,17,18);1H. The molecule has 6 heteroatoms. The molecule has 1 fully saturated rings. The van der Waals surface area contributed by atoms with E-state index < -0.39 is 5.54 Å². The molecule has 3 N–H and O–H groups in total. The molecule has 1 amide bonds. The van der Waals surface area contributed by atoms with Crippen molar-refractivity contribution in [3.8, 4) is 11.5 Å². The molecule has 0 saturated heterocycles. The van der Waals surface area contributed by atoms with Crippen LogP contribution >= 0.6 is 12.4 Å². The zero-order valence-corrected chi connectivity index (χ0v) is 13.5. The number of halogens is 1. The highest BCUT2D eigenvalue weighted by Crippen LogP contribution is 2.32. The lowest BCUT2D eigenvalue weighted by Gasteiger charge is -2.37. The summed E-state index contributed by atoms with van der Waals surface area (Å²) >= 11 is 0. The molecule has 118 valence electrons. The molecule has 1 aliphatic rings. The normalized spacial score (nSPS) is 17.0. The van der Waals surface area contributed by atoms with Crippen LogP contribution in [-0.4, -0.2) is 25.7 Å². The summed E-state index contributed by atoms with van der Waals surface area (Å²) < 4.78 is 10.6. The van der Waals surface area contributed by atoms with Gasteiger partial charge >= 0.3 is 0 Å². The Morgan fingerprint density at radius 1 is 1.33 bits per heavy atom. The summed E-state index contributed by atoms with van der Waals surface area (Å²) in [6, 6.07) is 5.34. The van der Waals surface area contributed by atoms with Gasteiger partial charge in [0.1, 0.15) is 11.5 Å². The second kappa shape index (κ2) is 7.00. The lowest BCUT2D eigenvalue weighted by atomic mass is 9.77. The van der Waals surface area contributed by atoms with E-state index in [0.29, 0.717) is 0 Å². The Morgan fingerprint density at radius 3 is 2.48 bits per heavy atom. The molecule has 1 unspecified atom stereocenters. The van der Waals surface area contributed by atoms with Crippen molar-refractivity contribution in [1.29, 1.82) is 0 Å². The van der Waals surface area contributed by atoms with Gasteiger partial charge in [0.15, 0.2) is 0 Å². The summed E-state index contributed by atoms with van der Waals surface area (Å²) in [4.78, 5) is 12.2. The Balaban J connectivity index is 0.00000220. The SMILES string of the molecule is COc1ccc(OC)c(C(C)NC(=O)C2(N)CCC2)c1.Cl. The van der Waals surface area contributed by atoms with E-state index >= 15 is 0 Å². The number of hydrogen-bond acceptors (Lipinski definition) is 4. The number of ether oxygens (including phenoxy) is 2. The minimum Gasteiger partial charge on any atom is -0.497 e. The number of methoxy groups -OCH3 is 2. The predicted molar refractivity (Wildman–Crippen MR) is 84.1 cm³/mol. The first kappa shape index (κ1) is 17.6. The van der Waals surface area contributed by atoms with Crippen molar-refractivity contribution in [2.75, 3.05) is 14.2 Å². The Hall–Kier alpha value is -1.46. The van der Waals surface area contributed by atoms with Crippen molar-refractivity contribution >= 4 is 18.3 Å². The maximum atomic E-state index is 12.2. The fourth-order valence-electron chi connectivity index (χ4n) is 2.38. The minimum absolute atomic E-state index is 0. The maximum absolute atomic E-state index is 12.2. The van der Waals surface area contributed by atoms with Crippen molar-refractivity contribution in [3.63, 3.8) is 0 Å². The first-order chi connectivity index (χ1) is 9.50. The number of benzene rings is 1. The first-order valence-corrected chi connectivity index (χ1v) is 6.82. The summed E-state index contributed by atoms with van der Waals surface area (Å²) in [7, 11) is 3.22. The molecule has 0 radical (unpaired) electrons. The quantitative estimate of drug-likeness (QED) is 0.873. The summed E-state index contributed by atoms with van der Waals surface area (Å²) in [5.74, 6) is 1.35. The van der Waals surface area contributed by atoms with Crippen LogP contribution < -0.4 is 20.5 Å². The van der Waals surface area contributed by atoms with Crippen LogP contribution in [0.4, 0.5) is 0 Å². The van der Waals surface area contributed by atoms with E-state index in [9.17, 15) is 4.79 Å². The van der Waals surface area contributed by atoms with Crippen LogP contribution in [0.5, 0.6) is 11.5 Å². The van der Waals surface area contributed by atoms with Gasteiger partial charge in [-0.2, -0.15) is 0 Å². The molecule has 1 aromatic carbocycles. The number of hydrogen-bond donors (Lipinski definition) is 2. The highest BCUT2D eigenvalue weighted by Gasteiger charge is 2.40. The molecule has 0 heterocycles. The molecule has 1 aliphatic carbocycles. The predicted octanol–water partition coefficient (Wildman–Crippen LogP) is 2.18. The molecule has 5 nitrogen and oxygen atoms in total.